The fourth-order valence-electron chi connectivity index (χ4n) is 0.953. The highest BCUT2D eigenvalue weighted by Gasteiger charge is 2.11. The van der Waals surface area contributed by atoms with E-state index in [0.717, 1.165) is 18.2 Å². The quantitative estimate of drug-likeness (QED) is 0.733. The van der Waals surface area contributed by atoms with Gasteiger partial charge in [0.1, 0.15) is 11.6 Å². The second-order valence-electron chi connectivity index (χ2n) is 2.59. The van der Waals surface area contributed by atoms with Crippen molar-refractivity contribution in [1.29, 1.82) is 0 Å². The topological polar surface area (TPSA) is 61.3 Å². The van der Waals surface area contributed by atoms with Crippen LogP contribution in [0.3, 0.4) is 0 Å². The first-order valence-corrected chi connectivity index (χ1v) is 3.76. The third kappa shape index (κ3) is 2.61. The predicted octanol–water partition coefficient (Wildman–Crippen LogP) is 1.34. The van der Waals surface area contributed by atoms with Crippen LogP contribution in [-0.2, 0) is 0 Å². The molecule has 0 spiro atoms. The normalized spacial score (nSPS) is 11.1. The highest BCUT2D eigenvalue weighted by molar-refractivity contribution is 5.31. The van der Waals surface area contributed by atoms with Crippen LogP contribution in [0.15, 0.2) is 18.2 Å². The van der Waals surface area contributed by atoms with E-state index in [0.29, 0.717) is 0 Å². The van der Waals surface area contributed by atoms with Gasteiger partial charge < -0.3 is 16.2 Å². The molecule has 6 heteroatoms. The van der Waals surface area contributed by atoms with Crippen molar-refractivity contribution >= 4 is 0 Å². The Morgan fingerprint density at radius 2 is 1.86 bits per heavy atom. The summed E-state index contributed by atoms with van der Waals surface area (Å²) in [4.78, 5) is 0. The zero-order valence-electron chi connectivity index (χ0n) is 7.08. The van der Waals surface area contributed by atoms with Gasteiger partial charge in [-0.05, 0) is 18.2 Å². The Kier molecular flexibility index (Phi) is 3.32. The van der Waals surface area contributed by atoms with Gasteiger partial charge in [0.25, 0.3) is 0 Å². The van der Waals surface area contributed by atoms with Crippen LogP contribution in [0.1, 0.15) is 11.7 Å². The van der Waals surface area contributed by atoms with E-state index < -0.39 is 18.6 Å². The molecule has 0 saturated carbocycles. The van der Waals surface area contributed by atoms with Crippen LogP contribution < -0.4 is 16.2 Å². The zero-order valence-corrected chi connectivity index (χ0v) is 7.08. The molecule has 0 fully saturated rings. The van der Waals surface area contributed by atoms with Gasteiger partial charge in [-0.2, -0.15) is 8.78 Å². The highest BCUT2D eigenvalue weighted by atomic mass is 19.3. The molecule has 0 saturated heterocycles. The van der Waals surface area contributed by atoms with Gasteiger partial charge in [-0.1, -0.05) is 0 Å². The molecule has 0 heterocycles. The summed E-state index contributed by atoms with van der Waals surface area (Å²) in [6, 6.07) is 3.10. The van der Waals surface area contributed by atoms with Crippen molar-refractivity contribution < 1.29 is 17.9 Å². The average molecular weight is 206 g/mol. The number of hydrogen-bond acceptors (Lipinski definition) is 3. The van der Waals surface area contributed by atoms with Crippen LogP contribution in [0.2, 0.25) is 0 Å². The third-order valence-corrected chi connectivity index (χ3v) is 1.55. The van der Waals surface area contributed by atoms with Crippen molar-refractivity contribution in [1.82, 2.24) is 0 Å². The Hall–Kier alpha value is -1.27. The molecule has 78 valence electrons. The van der Waals surface area contributed by atoms with Crippen molar-refractivity contribution in [3.05, 3.63) is 29.6 Å². The van der Waals surface area contributed by atoms with E-state index in [1.807, 2.05) is 0 Å². The average Bonchev–Trinajstić information content (AvgIpc) is 2.07. The molecule has 3 nitrogen and oxygen atoms in total. The molecule has 0 amide bonds. The van der Waals surface area contributed by atoms with Crippen molar-refractivity contribution in [2.75, 3.05) is 0 Å². The van der Waals surface area contributed by atoms with Crippen LogP contribution in [0.5, 0.6) is 5.75 Å². The minimum Gasteiger partial charge on any atom is -0.435 e. The van der Waals surface area contributed by atoms with Gasteiger partial charge in [-0.15, -0.1) is 0 Å². The maximum absolute atomic E-state index is 13.0. The van der Waals surface area contributed by atoms with Crippen LogP contribution in [0, 0.1) is 5.82 Å². The summed E-state index contributed by atoms with van der Waals surface area (Å²) in [7, 11) is 0. The predicted molar refractivity (Wildman–Crippen MR) is 44.1 cm³/mol. The van der Waals surface area contributed by atoms with Gasteiger partial charge in [0.15, 0.2) is 0 Å². The molecule has 0 aromatic heterocycles. The van der Waals surface area contributed by atoms with Gasteiger partial charge in [0.05, 0.1) is 6.17 Å². The Morgan fingerprint density at radius 1 is 1.21 bits per heavy atom. The van der Waals surface area contributed by atoms with Gasteiger partial charge >= 0.3 is 6.61 Å². The second kappa shape index (κ2) is 4.30. The number of rotatable bonds is 3. The second-order valence-corrected chi connectivity index (χ2v) is 2.59. The standard InChI is InChI=1S/C8H9F3N2O/c9-6-2-1-4(14-8(10)11)3-5(6)7(12)13/h1-3,7-8H,12-13H2. The number of benzene rings is 1. The molecule has 1 rings (SSSR count). The summed E-state index contributed by atoms with van der Waals surface area (Å²) in [6.07, 6.45) is -1.06. The third-order valence-electron chi connectivity index (χ3n) is 1.55. The minimum absolute atomic E-state index is 0.0665. The number of alkyl halides is 2. The maximum atomic E-state index is 13.0. The molecule has 1 aromatic rings. The first-order chi connectivity index (χ1) is 6.50. The van der Waals surface area contributed by atoms with Gasteiger partial charge in [0, 0.05) is 5.56 Å². The van der Waals surface area contributed by atoms with Gasteiger partial charge in [0.2, 0.25) is 0 Å². The summed E-state index contributed by atoms with van der Waals surface area (Å²) < 4.78 is 40.6. The molecule has 0 aliphatic rings. The number of hydrogen-bond donors (Lipinski definition) is 2. The van der Waals surface area contributed by atoms with E-state index in [-0.39, 0.29) is 11.3 Å². The molecule has 14 heavy (non-hydrogen) atoms. The van der Waals surface area contributed by atoms with Crippen LogP contribution in [0.25, 0.3) is 0 Å². The lowest BCUT2D eigenvalue weighted by Crippen LogP contribution is -2.21. The summed E-state index contributed by atoms with van der Waals surface area (Å²) in [5, 5.41) is 0. The van der Waals surface area contributed by atoms with Crippen molar-refractivity contribution in [2.24, 2.45) is 11.5 Å². The Labute approximate surface area is 78.5 Å². The molecule has 0 radical (unpaired) electrons. The van der Waals surface area contributed by atoms with Gasteiger partial charge in [-0.3, -0.25) is 0 Å². The van der Waals surface area contributed by atoms with Crippen molar-refractivity contribution in [2.45, 2.75) is 12.8 Å². The molecular weight excluding hydrogens is 197 g/mol. The number of halogens is 3. The molecule has 0 aliphatic heterocycles. The Balaban J connectivity index is 2.94. The van der Waals surface area contributed by atoms with Crippen LogP contribution in [-0.4, -0.2) is 6.61 Å². The molecular formula is C8H9F3N2O. The van der Waals surface area contributed by atoms with E-state index in [1.54, 1.807) is 0 Å². The summed E-state index contributed by atoms with van der Waals surface area (Å²) in [5.41, 5.74) is 10.4. The van der Waals surface area contributed by atoms with E-state index in [2.05, 4.69) is 4.74 Å². The SMILES string of the molecule is NC(N)c1cc(OC(F)F)ccc1F. The number of nitrogens with two attached hydrogens (primary N) is 2. The lowest BCUT2D eigenvalue weighted by atomic mass is 10.1. The van der Waals surface area contributed by atoms with E-state index in [1.165, 1.54) is 0 Å². The minimum atomic E-state index is -2.96. The highest BCUT2D eigenvalue weighted by Crippen LogP contribution is 2.20. The smallest absolute Gasteiger partial charge is 0.387 e. The zero-order chi connectivity index (χ0) is 10.7. The maximum Gasteiger partial charge on any atom is 0.387 e. The van der Waals surface area contributed by atoms with Crippen LogP contribution in [0.4, 0.5) is 13.2 Å². The van der Waals surface area contributed by atoms with Crippen molar-refractivity contribution in [3.8, 4) is 5.75 Å². The lowest BCUT2D eigenvalue weighted by molar-refractivity contribution is -0.0499. The Bertz CT molecular complexity index is 317. The molecule has 4 N–H and O–H groups in total. The fraction of sp³-hybridized carbons (Fsp3) is 0.250. The van der Waals surface area contributed by atoms with E-state index >= 15 is 0 Å². The molecule has 0 unspecified atom stereocenters. The molecule has 0 bridgehead atoms. The Morgan fingerprint density at radius 3 is 2.36 bits per heavy atom. The first kappa shape index (κ1) is 10.8. The summed E-state index contributed by atoms with van der Waals surface area (Å²) >= 11 is 0. The van der Waals surface area contributed by atoms with E-state index in [9.17, 15) is 13.2 Å². The van der Waals surface area contributed by atoms with Crippen LogP contribution >= 0.6 is 0 Å². The molecule has 0 aliphatic carbocycles. The molecule has 1 aromatic carbocycles. The summed E-state index contributed by atoms with van der Waals surface area (Å²) in [5.74, 6) is -0.820. The largest absolute Gasteiger partial charge is 0.435 e. The van der Waals surface area contributed by atoms with Crippen molar-refractivity contribution in [3.63, 3.8) is 0 Å². The summed E-state index contributed by atoms with van der Waals surface area (Å²) in [6.45, 7) is -2.96. The first-order valence-electron chi connectivity index (χ1n) is 3.76. The van der Waals surface area contributed by atoms with Gasteiger partial charge in [-0.25, -0.2) is 4.39 Å². The monoisotopic (exact) mass is 206 g/mol. The molecule has 0 atom stereocenters. The fourth-order valence-corrected chi connectivity index (χ4v) is 0.953. The van der Waals surface area contributed by atoms with E-state index in [4.69, 9.17) is 11.5 Å². The lowest BCUT2D eigenvalue weighted by Gasteiger charge is -2.10. The number of ether oxygens (including phenoxy) is 1.